The van der Waals surface area contributed by atoms with Crippen molar-refractivity contribution in [1.29, 1.82) is 0 Å². The minimum atomic E-state index is -2.33. The molecule has 0 aliphatic rings. The summed E-state index contributed by atoms with van der Waals surface area (Å²) in [6, 6.07) is 0. The van der Waals surface area contributed by atoms with E-state index in [9.17, 15) is 4.79 Å². The van der Waals surface area contributed by atoms with Crippen LogP contribution in [-0.4, -0.2) is 24.1 Å². The van der Waals surface area contributed by atoms with E-state index in [1.807, 2.05) is 0 Å². The van der Waals surface area contributed by atoms with Gasteiger partial charge in [0.2, 0.25) is 0 Å². The van der Waals surface area contributed by atoms with Crippen LogP contribution in [0.2, 0.25) is 0 Å². The Morgan fingerprint density at radius 3 is 1.69 bits per heavy atom. The number of alkyl halides is 1. The van der Waals surface area contributed by atoms with E-state index in [0.717, 1.165) is 0 Å². The van der Waals surface area contributed by atoms with Gasteiger partial charge in [0, 0.05) is 0 Å². The first kappa shape index (κ1) is 24.6. The number of hydrogen-bond acceptors (Lipinski definition) is 5. The van der Waals surface area contributed by atoms with Gasteiger partial charge in [0.15, 0.2) is 0 Å². The molecule has 0 aliphatic heterocycles. The van der Waals surface area contributed by atoms with Gasteiger partial charge in [-0.15, -0.1) is 0 Å². The van der Waals surface area contributed by atoms with Crippen molar-refractivity contribution < 1.29 is 127 Å². The van der Waals surface area contributed by atoms with Crippen LogP contribution in [0.5, 0.6) is 0 Å². The average molecular weight is 305 g/mol. The molecular weight excluding hydrogens is 298 g/mol. The summed E-state index contributed by atoms with van der Waals surface area (Å²) in [5.41, 5.74) is 0. The van der Waals surface area contributed by atoms with Crippen molar-refractivity contribution in [1.82, 2.24) is 0 Å². The maximum absolute atomic E-state index is 10.1. The van der Waals surface area contributed by atoms with Gasteiger partial charge in [-0.3, -0.25) is 4.79 Å². The fourth-order valence-electron chi connectivity index (χ4n) is 0.200. The fourth-order valence-corrected chi connectivity index (χ4v) is 0.361. The van der Waals surface area contributed by atoms with Crippen LogP contribution in [0.25, 0.3) is 0 Å². The van der Waals surface area contributed by atoms with Gasteiger partial charge in [-0.2, -0.15) is 0 Å². The molecular formula is C5H7BrK2O5. The first-order chi connectivity index (χ1) is 5.04. The molecule has 0 aromatic heterocycles. The summed E-state index contributed by atoms with van der Waals surface area (Å²) < 4.78 is 4.51. The third-order valence-electron chi connectivity index (χ3n) is 0.414. The van der Waals surface area contributed by atoms with Crippen molar-refractivity contribution in [3.05, 3.63) is 0 Å². The molecule has 0 unspecified atom stereocenters. The van der Waals surface area contributed by atoms with Gasteiger partial charge in [0.05, 0.1) is 6.61 Å². The Morgan fingerprint density at radius 1 is 1.31 bits per heavy atom. The summed E-state index contributed by atoms with van der Waals surface area (Å²) in [6.45, 7) is 2.24. The van der Waals surface area contributed by atoms with Crippen LogP contribution in [0, 0.1) is 0 Å². The third-order valence-corrected chi connectivity index (χ3v) is 0.872. The Morgan fingerprint density at radius 2 is 1.62 bits per heavy atom. The molecule has 0 heterocycles. The molecule has 8 heteroatoms. The van der Waals surface area contributed by atoms with Gasteiger partial charge in [-0.05, 0) is 13.1 Å². The molecule has 0 aromatic rings. The van der Waals surface area contributed by atoms with Gasteiger partial charge < -0.3 is 19.7 Å². The number of hydrogen-bond donors (Lipinski definition) is 0. The Kier molecular flexibility index (Phi) is 37.9. The maximum Gasteiger partial charge on any atom is 1.00 e. The molecule has 0 aromatic carbocycles. The van der Waals surface area contributed by atoms with Crippen LogP contribution in [0.3, 0.4) is 0 Å². The molecule has 0 saturated carbocycles. The topological polar surface area (TPSA) is 89.5 Å². The van der Waals surface area contributed by atoms with E-state index in [1.54, 1.807) is 6.92 Å². The molecule has 66 valence electrons. The Balaban J connectivity index is -0.0000000600. The minimum Gasteiger partial charge on any atom is -0.652 e. The van der Waals surface area contributed by atoms with Crippen LogP contribution in [-0.2, 0) is 9.53 Å². The minimum absolute atomic E-state index is 0. The van der Waals surface area contributed by atoms with Crippen molar-refractivity contribution in [3.63, 3.8) is 0 Å². The molecule has 0 fully saturated rings. The average Bonchev–Trinajstić information content (AvgIpc) is 1.87. The zero-order valence-electron chi connectivity index (χ0n) is 7.83. The molecule has 13 heavy (non-hydrogen) atoms. The van der Waals surface area contributed by atoms with E-state index in [0.29, 0.717) is 11.9 Å². The Labute approximate surface area is 170 Å². The Hall–Kier alpha value is 2.49. The molecule has 0 atom stereocenters. The fraction of sp³-hybridized carbons (Fsp3) is 0.600. The number of esters is 1. The molecule has 0 N–H and O–H groups in total. The van der Waals surface area contributed by atoms with Crippen molar-refractivity contribution in [2.24, 2.45) is 0 Å². The van der Waals surface area contributed by atoms with Gasteiger partial charge in [-0.25, -0.2) is 0 Å². The van der Waals surface area contributed by atoms with Crippen molar-refractivity contribution in [3.8, 4) is 0 Å². The number of carboxylic acid groups (broad SMARTS) is 2. The molecule has 0 rings (SSSR count). The number of halogens is 1. The van der Waals surface area contributed by atoms with E-state index < -0.39 is 6.16 Å². The van der Waals surface area contributed by atoms with Gasteiger partial charge >= 0.3 is 109 Å². The second kappa shape index (κ2) is 20.0. The summed E-state index contributed by atoms with van der Waals surface area (Å²) in [4.78, 5) is 18.5. The quantitative estimate of drug-likeness (QED) is 0.287. The van der Waals surface area contributed by atoms with Crippen LogP contribution in [0.4, 0.5) is 4.79 Å². The number of rotatable bonds is 2. The van der Waals surface area contributed by atoms with Crippen LogP contribution < -0.4 is 113 Å². The normalized spacial score (nSPS) is 6.31. The largest absolute Gasteiger partial charge is 1.00 e. The summed E-state index contributed by atoms with van der Waals surface area (Å²) in [6.07, 6.45) is -2.33. The SMILES string of the molecule is CCOC(=O)CBr.O=C([O-])[O-].[K+].[K+]. The van der Waals surface area contributed by atoms with Crippen LogP contribution in [0.15, 0.2) is 0 Å². The van der Waals surface area contributed by atoms with Gasteiger partial charge in [-0.1, -0.05) is 15.9 Å². The zero-order chi connectivity index (χ0) is 9.28. The first-order valence-electron chi connectivity index (χ1n) is 2.64. The summed E-state index contributed by atoms with van der Waals surface area (Å²) >= 11 is 2.94. The smallest absolute Gasteiger partial charge is 0.652 e. The number of carbonyl (C=O) groups excluding carboxylic acids is 2. The molecule has 0 amide bonds. The predicted octanol–water partition coefficient (Wildman–Crippen LogP) is -7.49. The van der Waals surface area contributed by atoms with Crippen molar-refractivity contribution in [2.75, 3.05) is 11.9 Å². The Bertz CT molecular complexity index is 128. The molecule has 0 spiro atoms. The van der Waals surface area contributed by atoms with E-state index in [2.05, 4.69) is 20.7 Å². The molecule has 0 radical (unpaired) electrons. The monoisotopic (exact) mass is 304 g/mol. The second-order valence-corrected chi connectivity index (χ2v) is 1.75. The predicted molar refractivity (Wildman–Crippen MR) is 35.8 cm³/mol. The van der Waals surface area contributed by atoms with E-state index in [1.165, 1.54) is 0 Å². The molecule has 0 saturated heterocycles. The van der Waals surface area contributed by atoms with Crippen LogP contribution >= 0.6 is 15.9 Å². The van der Waals surface area contributed by atoms with Crippen molar-refractivity contribution >= 4 is 28.1 Å². The van der Waals surface area contributed by atoms with E-state index in [4.69, 9.17) is 15.0 Å². The van der Waals surface area contributed by atoms with E-state index in [-0.39, 0.29) is 109 Å². The third kappa shape index (κ3) is 40.3. The van der Waals surface area contributed by atoms with E-state index >= 15 is 0 Å². The summed E-state index contributed by atoms with van der Waals surface area (Å²) in [5.74, 6) is -0.206. The molecule has 0 bridgehead atoms. The van der Waals surface area contributed by atoms with Gasteiger partial charge in [0.1, 0.15) is 5.33 Å². The van der Waals surface area contributed by atoms with Crippen LogP contribution in [0.1, 0.15) is 6.92 Å². The summed E-state index contributed by atoms with van der Waals surface area (Å²) in [5, 5.41) is 17.0. The first-order valence-corrected chi connectivity index (χ1v) is 3.76. The van der Waals surface area contributed by atoms with Crippen molar-refractivity contribution in [2.45, 2.75) is 6.92 Å². The maximum atomic E-state index is 10.1. The molecule has 5 nitrogen and oxygen atoms in total. The molecule has 0 aliphatic carbocycles. The summed E-state index contributed by atoms with van der Waals surface area (Å²) in [7, 11) is 0. The number of carbonyl (C=O) groups is 2. The van der Waals surface area contributed by atoms with Gasteiger partial charge in [0.25, 0.3) is 0 Å². The number of ether oxygens (including phenoxy) is 1. The standard InChI is InChI=1S/C4H7BrO2.CH2O3.2K/c1-2-7-4(6)3-5;2-1(3)4;;/h2-3H2,1H3;(H2,2,3,4);;/q;;2*+1/p-2. The zero-order valence-corrected chi connectivity index (χ0v) is 15.7. The second-order valence-electron chi connectivity index (χ2n) is 1.19.